The molecule has 4 heteroatoms. The standard InChI is InChI=1S/C18H35N3O/c1-14(2)15-6-8-16(9-7-15)19-17(22)20-10-12-21(13-11-20)18(3,4)5/h14-16H,6-13H2,1-5H3,(H,19,22)/t15-,16-. The molecular weight excluding hydrogens is 274 g/mol. The maximum atomic E-state index is 12.4. The molecule has 4 nitrogen and oxygen atoms in total. The van der Waals surface area contributed by atoms with Crippen LogP contribution in [0, 0.1) is 11.8 Å². The van der Waals surface area contributed by atoms with Gasteiger partial charge in [-0.2, -0.15) is 0 Å². The Morgan fingerprint density at radius 1 is 1.00 bits per heavy atom. The van der Waals surface area contributed by atoms with E-state index in [9.17, 15) is 4.79 Å². The number of hydrogen-bond donors (Lipinski definition) is 1. The van der Waals surface area contributed by atoms with Gasteiger partial charge in [0, 0.05) is 37.8 Å². The van der Waals surface area contributed by atoms with Crippen LogP contribution in [0.2, 0.25) is 0 Å². The van der Waals surface area contributed by atoms with Gasteiger partial charge in [0.05, 0.1) is 0 Å². The molecule has 0 radical (unpaired) electrons. The smallest absolute Gasteiger partial charge is 0.317 e. The van der Waals surface area contributed by atoms with Gasteiger partial charge < -0.3 is 10.2 Å². The molecule has 0 unspecified atom stereocenters. The van der Waals surface area contributed by atoms with Crippen LogP contribution in [0.4, 0.5) is 4.79 Å². The van der Waals surface area contributed by atoms with Gasteiger partial charge in [0.1, 0.15) is 0 Å². The van der Waals surface area contributed by atoms with Crippen molar-refractivity contribution in [1.29, 1.82) is 0 Å². The number of urea groups is 1. The van der Waals surface area contributed by atoms with Crippen molar-refractivity contribution in [2.24, 2.45) is 11.8 Å². The van der Waals surface area contributed by atoms with Crippen LogP contribution in [0.5, 0.6) is 0 Å². The zero-order valence-electron chi connectivity index (χ0n) is 15.2. The van der Waals surface area contributed by atoms with Gasteiger partial charge >= 0.3 is 6.03 Å². The summed E-state index contributed by atoms with van der Waals surface area (Å²) in [6.07, 6.45) is 4.83. The highest BCUT2D eigenvalue weighted by molar-refractivity contribution is 5.74. The van der Waals surface area contributed by atoms with Gasteiger partial charge in [-0.1, -0.05) is 13.8 Å². The Labute approximate surface area is 136 Å². The van der Waals surface area contributed by atoms with Crippen molar-refractivity contribution < 1.29 is 4.79 Å². The van der Waals surface area contributed by atoms with Crippen LogP contribution >= 0.6 is 0 Å². The first-order valence-corrected chi connectivity index (χ1v) is 9.08. The second-order valence-corrected chi connectivity index (χ2v) is 8.45. The summed E-state index contributed by atoms with van der Waals surface area (Å²) in [6.45, 7) is 15.0. The molecule has 1 saturated carbocycles. The van der Waals surface area contributed by atoms with Crippen molar-refractivity contribution in [1.82, 2.24) is 15.1 Å². The quantitative estimate of drug-likeness (QED) is 0.849. The van der Waals surface area contributed by atoms with Crippen molar-refractivity contribution in [2.45, 2.75) is 71.9 Å². The molecule has 1 heterocycles. The Morgan fingerprint density at radius 3 is 2.00 bits per heavy atom. The molecule has 0 aromatic rings. The number of nitrogens with zero attached hydrogens (tertiary/aromatic N) is 2. The minimum absolute atomic E-state index is 0.154. The number of hydrogen-bond acceptors (Lipinski definition) is 2. The zero-order valence-corrected chi connectivity index (χ0v) is 15.2. The predicted octanol–water partition coefficient (Wildman–Crippen LogP) is 3.33. The summed E-state index contributed by atoms with van der Waals surface area (Å²) in [5, 5.41) is 3.27. The highest BCUT2D eigenvalue weighted by Crippen LogP contribution is 2.30. The zero-order chi connectivity index (χ0) is 16.3. The number of piperazine rings is 1. The maximum Gasteiger partial charge on any atom is 0.317 e. The van der Waals surface area contributed by atoms with Gasteiger partial charge in [-0.3, -0.25) is 4.90 Å². The van der Waals surface area contributed by atoms with Crippen LogP contribution in [0.3, 0.4) is 0 Å². The SMILES string of the molecule is CC(C)[C@H]1CC[C@H](NC(=O)N2CCN(C(C)(C)C)CC2)CC1. The summed E-state index contributed by atoms with van der Waals surface area (Å²) in [7, 11) is 0. The molecule has 2 aliphatic rings. The van der Waals surface area contributed by atoms with E-state index in [0.29, 0.717) is 6.04 Å². The molecule has 128 valence electrons. The number of rotatable bonds is 2. The van der Waals surface area contributed by atoms with Crippen LogP contribution in [-0.4, -0.2) is 53.6 Å². The molecule has 1 N–H and O–H groups in total. The Balaban J connectivity index is 1.73. The molecule has 22 heavy (non-hydrogen) atoms. The van der Waals surface area contributed by atoms with E-state index >= 15 is 0 Å². The van der Waals surface area contributed by atoms with Gasteiger partial charge in [-0.05, 0) is 58.3 Å². The number of nitrogens with one attached hydrogen (secondary N) is 1. The molecule has 2 rings (SSSR count). The normalized spacial score (nSPS) is 28.0. The molecular formula is C18H35N3O. The highest BCUT2D eigenvalue weighted by Gasteiger charge is 2.29. The first kappa shape index (κ1) is 17.6. The Bertz CT molecular complexity index is 359. The van der Waals surface area contributed by atoms with Gasteiger partial charge in [-0.25, -0.2) is 4.79 Å². The van der Waals surface area contributed by atoms with Crippen molar-refractivity contribution in [3.05, 3.63) is 0 Å². The predicted molar refractivity (Wildman–Crippen MR) is 92.0 cm³/mol. The number of carbonyl (C=O) groups is 1. The Hall–Kier alpha value is -0.770. The molecule has 0 aromatic carbocycles. The molecule has 0 bridgehead atoms. The average molecular weight is 309 g/mol. The van der Waals surface area contributed by atoms with E-state index in [1.54, 1.807) is 0 Å². The summed E-state index contributed by atoms with van der Waals surface area (Å²) in [5.74, 6) is 1.63. The van der Waals surface area contributed by atoms with E-state index in [-0.39, 0.29) is 11.6 Å². The fourth-order valence-corrected chi connectivity index (χ4v) is 3.78. The fraction of sp³-hybridized carbons (Fsp3) is 0.944. The van der Waals surface area contributed by atoms with Crippen molar-refractivity contribution in [3.63, 3.8) is 0 Å². The lowest BCUT2D eigenvalue weighted by Crippen LogP contribution is -2.57. The van der Waals surface area contributed by atoms with Crippen LogP contribution in [0.15, 0.2) is 0 Å². The topological polar surface area (TPSA) is 35.6 Å². The van der Waals surface area contributed by atoms with Crippen LogP contribution < -0.4 is 5.32 Å². The van der Waals surface area contributed by atoms with Gasteiger partial charge in [0.2, 0.25) is 0 Å². The Morgan fingerprint density at radius 2 is 1.55 bits per heavy atom. The summed E-state index contributed by atoms with van der Waals surface area (Å²) >= 11 is 0. The third kappa shape index (κ3) is 4.61. The molecule has 0 spiro atoms. The molecule has 0 atom stereocenters. The summed E-state index contributed by atoms with van der Waals surface area (Å²) < 4.78 is 0. The molecule has 0 aromatic heterocycles. The van der Waals surface area contributed by atoms with E-state index in [1.807, 2.05) is 4.90 Å². The van der Waals surface area contributed by atoms with Crippen LogP contribution in [0.1, 0.15) is 60.3 Å². The summed E-state index contributed by atoms with van der Waals surface area (Å²) in [4.78, 5) is 16.9. The Kier molecular flexibility index (Phi) is 5.76. The molecule has 2 fully saturated rings. The lowest BCUT2D eigenvalue weighted by molar-refractivity contribution is 0.0728. The van der Waals surface area contributed by atoms with Gasteiger partial charge in [0.25, 0.3) is 0 Å². The van der Waals surface area contributed by atoms with Crippen molar-refractivity contribution in [3.8, 4) is 0 Å². The highest BCUT2D eigenvalue weighted by atomic mass is 16.2. The fourth-order valence-electron chi connectivity index (χ4n) is 3.78. The second-order valence-electron chi connectivity index (χ2n) is 8.45. The molecule has 1 aliphatic carbocycles. The first-order chi connectivity index (χ1) is 10.3. The van der Waals surface area contributed by atoms with Crippen LogP contribution in [-0.2, 0) is 0 Å². The number of amides is 2. The second kappa shape index (κ2) is 7.20. The largest absolute Gasteiger partial charge is 0.335 e. The monoisotopic (exact) mass is 309 g/mol. The van der Waals surface area contributed by atoms with Crippen molar-refractivity contribution in [2.75, 3.05) is 26.2 Å². The van der Waals surface area contributed by atoms with Gasteiger partial charge in [0.15, 0.2) is 0 Å². The summed E-state index contributed by atoms with van der Waals surface area (Å²) in [5.41, 5.74) is 0.206. The van der Waals surface area contributed by atoms with Gasteiger partial charge in [-0.15, -0.1) is 0 Å². The van der Waals surface area contributed by atoms with E-state index in [2.05, 4.69) is 44.8 Å². The van der Waals surface area contributed by atoms with E-state index in [1.165, 1.54) is 12.8 Å². The van der Waals surface area contributed by atoms with Crippen molar-refractivity contribution >= 4 is 6.03 Å². The van der Waals surface area contributed by atoms with E-state index < -0.39 is 0 Å². The lowest BCUT2D eigenvalue weighted by atomic mass is 9.80. The van der Waals surface area contributed by atoms with E-state index in [4.69, 9.17) is 0 Å². The number of carbonyl (C=O) groups excluding carboxylic acids is 1. The molecule has 1 saturated heterocycles. The lowest BCUT2D eigenvalue weighted by Gasteiger charge is -2.42. The first-order valence-electron chi connectivity index (χ1n) is 9.08. The summed E-state index contributed by atoms with van der Waals surface area (Å²) in [6, 6.07) is 0.546. The minimum Gasteiger partial charge on any atom is -0.335 e. The average Bonchev–Trinajstić information content (AvgIpc) is 2.47. The third-order valence-corrected chi connectivity index (χ3v) is 5.56. The molecule has 2 amide bonds. The minimum atomic E-state index is 0.154. The molecule has 1 aliphatic heterocycles. The third-order valence-electron chi connectivity index (χ3n) is 5.56. The van der Waals surface area contributed by atoms with Crippen LogP contribution in [0.25, 0.3) is 0 Å². The van der Waals surface area contributed by atoms with E-state index in [0.717, 1.165) is 50.9 Å². The maximum absolute atomic E-state index is 12.4.